The van der Waals surface area contributed by atoms with Crippen molar-refractivity contribution in [2.75, 3.05) is 7.11 Å². The summed E-state index contributed by atoms with van der Waals surface area (Å²) in [5, 5.41) is 3.28. The molecule has 0 aromatic carbocycles. The van der Waals surface area contributed by atoms with Gasteiger partial charge in [0.15, 0.2) is 0 Å². The van der Waals surface area contributed by atoms with Crippen molar-refractivity contribution < 1.29 is 35.5 Å². The number of nitrogens with zero attached hydrogens (tertiary/aromatic N) is 3. The van der Waals surface area contributed by atoms with E-state index in [1.54, 1.807) is 0 Å². The van der Waals surface area contributed by atoms with Crippen LogP contribution in [-0.4, -0.2) is 34.0 Å². The highest BCUT2D eigenvalue weighted by atomic mass is 19.4. The zero-order valence-corrected chi connectivity index (χ0v) is 10.3. The summed E-state index contributed by atoms with van der Waals surface area (Å²) in [6, 6.07) is -0.717. The smallest absolute Gasteiger partial charge is 0.460 e. The molecule has 0 fully saturated rings. The van der Waals surface area contributed by atoms with E-state index in [0.717, 1.165) is 7.11 Å². The predicted molar refractivity (Wildman–Crippen MR) is 51.8 cm³/mol. The van der Waals surface area contributed by atoms with Gasteiger partial charge in [-0.3, -0.25) is 0 Å². The van der Waals surface area contributed by atoms with Crippen LogP contribution in [0, 0.1) is 0 Å². The fourth-order valence-corrected chi connectivity index (χ4v) is 1.33. The molecule has 0 unspecified atom stereocenters. The first kappa shape index (κ1) is 16.5. The molecular weight excluding hydrogens is 299 g/mol. The van der Waals surface area contributed by atoms with Crippen LogP contribution >= 0.6 is 0 Å². The topological polar surface area (TPSA) is 39.9 Å². The van der Waals surface area contributed by atoms with Crippen molar-refractivity contribution in [1.82, 2.24) is 14.8 Å². The number of alkyl halides is 7. The van der Waals surface area contributed by atoms with Gasteiger partial charge in [0.05, 0.1) is 7.11 Å². The van der Waals surface area contributed by atoms with Crippen LogP contribution in [0.3, 0.4) is 0 Å². The van der Waals surface area contributed by atoms with Gasteiger partial charge in [-0.15, -0.1) is 5.10 Å². The van der Waals surface area contributed by atoms with E-state index in [4.69, 9.17) is 0 Å². The predicted octanol–water partition coefficient (Wildman–Crippen LogP) is 2.99. The average molecular weight is 309 g/mol. The SMILES string of the molecule is CCCn1nc(OC)nc1C(F)(F)C(F)(F)C(F)(F)F. The number of rotatable bonds is 5. The summed E-state index contributed by atoms with van der Waals surface area (Å²) in [4.78, 5) is 2.90. The molecule has 0 saturated carbocycles. The Morgan fingerprint density at radius 1 is 1.10 bits per heavy atom. The van der Waals surface area contributed by atoms with Crippen molar-refractivity contribution in [3.05, 3.63) is 5.82 Å². The summed E-state index contributed by atoms with van der Waals surface area (Å²) in [5.41, 5.74) is 0. The molecule has 116 valence electrons. The van der Waals surface area contributed by atoms with Gasteiger partial charge >= 0.3 is 24.0 Å². The van der Waals surface area contributed by atoms with Crippen LogP contribution in [0.15, 0.2) is 0 Å². The van der Waals surface area contributed by atoms with Gasteiger partial charge in [-0.05, 0) is 6.42 Å². The van der Waals surface area contributed by atoms with Crippen molar-refractivity contribution in [3.8, 4) is 6.01 Å². The number of aromatic nitrogens is 3. The zero-order chi connectivity index (χ0) is 15.8. The van der Waals surface area contributed by atoms with Crippen molar-refractivity contribution in [3.63, 3.8) is 0 Å². The van der Waals surface area contributed by atoms with Crippen LogP contribution < -0.4 is 4.74 Å². The third-order valence-electron chi connectivity index (χ3n) is 2.30. The molecule has 0 aliphatic carbocycles. The Balaban J connectivity index is 3.37. The lowest BCUT2D eigenvalue weighted by molar-refractivity contribution is -0.362. The van der Waals surface area contributed by atoms with E-state index in [9.17, 15) is 30.7 Å². The quantitative estimate of drug-likeness (QED) is 0.785. The summed E-state index contributed by atoms with van der Waals surface area (Å²) in [6.07, 6.45) is -6.25. The number of hydrogen-bond acceptors (Lipinski definition) is 3. The molecule has 0 saturated heterocycles. The summed E-state index contributed by atoms with van der Waals surface area (Å²) in [6.45, 7) is 1.19. The third-order valence-corrected chi connectivity index (χ3v) is 2.30. The second kappa shape index (κ2) is 5.09. The molecule has 11 heteroatoms. The second-order valence-electron chi connectivity index (χ2n) is 3.79. The van der Waals surface area contributed by atoms with Gasteiger partial charge in [0.25, 0.3) is 0 Å². The summed E-state index contributed by atoms with van der Waals surface area (Å²) < 4.78 is 93.8. The second-order valence-corrected chi connectivity index (χ2v) is 3.79. The fourth-order valence-electron chi connectivity index (χ4n) is 1.33. The van der Waals surface area contributed by atoms with Crippen molar-refractivity contribution in [1.29, 1.82) is 0 Å². The molecule has 1 rings (SSSR count). The van der Waals surface area contributed by atoms with Crippen molar-refractivity contribution >= 4 is 0 Å². The number of halogens is 7. The summed E-state index contributed by atoms with van der Waals surface area (Å²) in [5.74, 6) is -13.6. The molecule has 0 radical (unpaired) electrons. The van der Waals surface area contributed by atoms with E-state index in [0.29, 0.717) is 0 Å². The molecule has 0 bridgehead atoms. The van der Waals surface area contributed by atoms with Gasteiger partial charge in [0.2, 0.25) is 5.82 Å². The van der Waals surface area contributed by atoms with Gasteiger partial charge in [-0.1, -0.05) is 6.92 Å². The standard InChI is InChI=1S/C9H10F7N3O/c1-3-4-19-5(17-6(18-19)20-2)7(10,11)8(12,13)9(14,15)16/h3-4H2,1-2H3. The molecule has 0 aliphatic rings. The molecule has 20 heavy (non-hydrogen) atoms. The number of aryl methyl sites for hydroxylation is 1. The zero-order valence-electron chi connectivity index (χ0n) is 10.3. The highest BCUT2D eigenvalue weighted by Crippen LogP contribution is 2.51. The minimum absolute atomic E-state index is 0.174. The van der Waals surface area contributed by atoms with E-state index in [-0.39, 0.29) is 17.6 Å². The maximum atomic E-state index is 13.5. The lowest BCUT2D eigenvalue weighted by atomic mass is 10.1. The summed E-state index contributed by atoms with van der Waals surface area (Å²) >= 11 is 0. The highest BCUT2D eigenvalue weighted by Gasteiger charge is 2.75. The molecule has 0 amide bonds. The summed E-state index contributed by atoms with van der Waals surface area (Å²) in [7, 11) is 0.968. The Labute approximate surface area is 108 Å². The normalized spacial score (nSPS) is 13.7. The minimum atomic E-state index is -6.42. The third kappa shape index (κ3) is 2.52. The number of hydrogen-bond donors (Lipinski definition) is 0. The van der Waals surface area contributed by atoms with Gasteiger partial charge in [-0.2, -0.15) is 35.7 Å². The lowest BCUT2D eigenvalue weighted by Gasteiger charge is -2.27. The Morgan fingerprint density at radius 2 is 1.65 bits per heavy atom. The van der Waals surface area contributed by atoms with E-state index >= 15 is 0 Å². The first-order chi connectivity index (χ1) is 8.99. The Bertz CT molecular complexity index is 469. The lowest BCUT2D eigenvalue weighted by Crippen LogP contribution is -2.51. The van der Waals surface area contributed by atoms with Crippen LogP contribution in [0.1, 0.15) is 19.2 Å². The van der Waals surface area contributed by atoms with E-state index in [1.807, 2.05) is 0 Å². The van der Waals surface area contributed by atoms with Crippen molar-refractivity contribution in [2.24, 2.45) is 0 Å². The Morgan fingerprint density at radius 3 is 2.05 bits per heavy atom. The van der Waals surface area contributed by atoms with E-state index in [1.165, 1.54) is 6.92 Å². The molecule has 0 aliphatic heterocycles. The van der Waals surface area contributed by atoms with Crippen molar-refractivity contribution in [2.45, 2.75) is 37.9 Å². The monoisotopic (exact) mass is 309 g/mol. The van der Waals surface area contributed by atoms with Crippen LogP contribution in [-0.2, 0) is 12.5 Å². The highest BCUT2D eigenvalue weighted by molar-refractivity contribution is 5.10. The van der Waals surface area contributed by atoms with Gasteiger partial charge in [-0.25, -0.2) is 4.68 Å². The maximum Gasteiger partial charge on any atom is 0.460 e. The van der Waals surface area contributed by atoms with Gasteiger partial charge < -0.3 is 4.74 Å². The Kier molecular flexibility index (Phi) is 4.20. The fraction of sp³-hybridized carbons (Fsp3) is 0.778. The molecule has 1 aromatic rings. The molecule has 0 atom stereocenters. The number of ether oxygens (including phenoxy) is 1. The maximum absolute atomic E-state index is 13.5. The minimum Gasteiger partial charge on any atom is -0.466 e. The van der Waals surface area contributed by atoms with Crippen LogP contribution in [0.25, 0.3) is 0 Å². The van der Waals surface area contributed by atoms with Crippen LogP contribution in [0.5, 0.6) is 6.01 Å². The van der Waals surface area contributed by atoms with Crippen LogP contribution in [0.2, 0.25) is 0 Å². The van der Waals surface area contributed by atoms with Gasteiger partial charge in [0, 0.05) is 6.54 Å². The average Bonchev–Trinajstić information content (AvgIpc) is 2.71. The number of methoxy groups -OCH3 is 1. The van der Waals surface area contributed by atoms with Gasteiger partial charge in [0.1, 0.15) is 0 Å². The molecule has 0 spiro atoms. The largest absolute Gasteiger partial charge is 0.466 e. The first-order valence-electron chi connectivity index (χ1n) is 5.30. The van der Waals surface area contributed by atoms with Crippen LogP contribution in [0.4, 0.5) is 30.7 Å². The molecular formula is C9H10F7N3O. The molecule has 1 heterocycles. The molecule has 4 nitrogen and oxygen atoms in total. The molecule has 1 aromatic heterocycles. The molecule has 0 N–H and O–H groups in total. The van der Waals surface area contributed by atoms with E-state index in [2.05, 4.69) is 14.8 Å². The first-order valence-corrected chi connectivity index (χ1v) is 5.30. The van der Waals surface area contributed by atoms with E-state index < -0.39 is 29.9 Å². The Hall–Kier alpha value is -1.55.